The minimum atomic E-state index is -0.427. The predicted octanol–water partition coefficient (Wildman–Crippen LogP) is 2.60. The SMILES string of the molecule is C/C(=N/NC(=O)c1ccc(NC(=O)C2CC2)cc1)c1cc(O)ccc1O. The summed E-state index contributed by atoms with van der Waals surface area (Å²) in [7, 11) is 0. The number of hydrogen-bond acceptors (Lipinski definition) is 5. The highest BCUT2D eigenvalue weighted by Gasteiger charge is 2.29. The molecule has 2 aromatic carbocycles. The Labute approximate surface area is 150 Å². The van der Waals surface area contributed by atoms with Gasteiger partial charge in [0.15, 0.2) is 0 Å². The molecular weight excluding hydrogens is 334 g/mol. The lowest BCUT2D eigenvalue weighted by Crippen LogP contribution is -2.19. The number of phenolic OH excluding ortho intramolecular Hbond substituents is 2. The van der Waals surface area contributed by atoms with Gasteiger partial charge in [0, 0.05) is 22.7 Å². The van der Waals surface area contributed by atoms with Crippen LogP contribution in [0, 0.1) is 5.92 Å². The summed E-state index contributed by atoms with van der Waals surface area (Å²) in [6.07, 6.45) is 1.86. The van der Waals surface area contributed by atoms with Crippen LogP contribution in [0.5, 0.6) is 11.5 Å². The van der Waals surface area contributed by atoms with Gasteiger partial charge in [0.25, 0.3) is 5.91 Å². The molecule has 0 spiro atoms. The molecule has 2 amide bonds. The van der Waals surface area contributed by atoms with Gasteiger partial charge in [0.2, 0.25) is 5.91 Å². The largest absolute Gasteiger partial charge is 0.508 e. The van der Waals surface area contributed by atoms with E-state index in [1.54, 1.807) is 31.2 Å². The van der Waals surface area contributed by atoms with E-state index in [1.807, 2.05) is 0 Å². The van der Waals surface area contributed by atoms with E-state index in [4.69, 9.17) is 0 Å². The second-order valence-electron chi connectivity index (χ2n) is 6.18. The molecule has 1 aliphatic carbocycles. The third kappa shape index (κ3) is 4.18. The fourth-order valence-electron chi connectivity index (χ4n) is 2.37. The number of nitrogens with one attached hydrogen (secondary N) is 2. The van der Waals surface area contributed by atoms with Gasteiger partial charge in [-0.2, -0.15) is 5.10 Å². The van der Waals surface area contributed by atoms with Crippen molar-refractivity contribution >= 4 is 23.2 Å². The predicted molar refractivity (Wildman–Crippen MR) is 97.2 cm³/mol. The van der Waals surface area contributed by atoms with Crippen LogP contribution >= 0.6 is 0 Å². The van der Waals surface area contributed by atoms with E-state index in [1.165, 1.54) is 18.2 Å². The lowest BCUT2D eigenvalue weighted by Gasteiger charge is -2.07. The van der Waals surface area contributed by atoms with E-state index in [2.05, 4.69) is 15.8 Å². The van der Waals surface area contributed by atoms with Crippen molar-refractivity contribution in [2.24, 2.45) is 11.0 Å². The van der Waals surface area contributed by atoms with Gasteiger partial charge in [-0.25, -0.2) is 5.43 Å². The highest BCUT2D eigenvalue weighted by molar-refractivity contribution is 6.03. The summed E-state index contributed by atoms with van der Waals surface area (Å²) >= 11 is 0. The summed E-state index contributed by atoms with van der Waals surface area (Å²) in [4.78, 5) is 23.9. The Hall–Kier alpha value is -3.35. The topological polar surface area (TPSA) is 111 Å². The quantitative estimate of drug-likeness (QED) is 0.376. The number of anilines is 1. The highest BCUT2D eigenvalue weighted by Crippen LogP contribution is 2.30. The van der Waals surface area contributed by atoms with Crippen molar-refractivity contribution < 1.29 is 19.8 Å². The van der Waals surface area contributed by atoms with Gasteiger partial charge in [-0.3, -0.25) is 9.59 Å². The number of hydrazone groups is 1. The first-order valence-corrected chi connectivity index (χ1v) is 8.22. The molecule has 1 aliphatic rings. The van der Waals surface area contributed by atoms with Crippen molar-refractivity contribution in [1.82, 2.24) is 5.43 Å². The zero-order chi connectivity index (χ0) is 18.7. The monoisotopic (exact) mass is 353 g/mol. The third-order valence-electron chi connectivity index (χ3n) is 4.06. The summed E-state index contributed by atoms with van der Waals surface area (Å²) in [6, 6.07) is 10.6. The zero-order valence-electron chi connectivity index (χ0n) is 14.2. The molecule has 0 aromatic heterocycles. The molecule has 0 saturated heterocycles. The minimum Gasteiger partial charge on any atom is -0.508 e. The second-order valence-corrected chi connectivity index (χ2v) is 6.18. The van der Waals surface area contributed by atoms with Crippen molar-refractivity contribution in [2.45, 2.75) is 19.8 Å². The molecule has 0 atom stereocenters. The van der Waals surface area contributed by atoms with Gasteiger partial charge in [-0.15, -0.1) is 0 Å². The molecule has 1 fully saturated rings. The molecule has 0 heterocycles. The lowest BCUT2D eigenvalue weighted by atomic mass is 10.1. The van der Waals surface area contributed by atoms with E-state index in [9.17, 15) is 19.8 Å². The number of aromatic hydroxyl groups is 2. The van der Waals surface area contributed by atoms with Crippen LogP contribution in [0.4, 0.5) is 5.69 Å². The maximum Gasteiger partial charge on any atom is 0.271 e. The van der Waals surface area contributed by atoms with Gasteiger partial charge < -0.3 is 15.5 Å². The van der Waals surface area contributed by atoms with E-state index < -0.39 is 5.91 Å². The van der Waals surface area contributed by atoms with Gasteiger partial charge in [-0.05, 0) is 62.2 Å². The Morgan fingerprint density at radius 2 is 1.77 bits per heavy atom. The number of carbonyl (C=O) groups excluding carboxylic acids is 2. The van der Waals surface area contributed by atoms with E-state index >= 15 is 0 Å². The number of rotatable bonds is 5. The van der Waals surface area contributed by atoms with Crippen LogP contribution in [0.15, 0.2) is 47.6 Å². The van der Waals surface area contributed by atoms with Crippen molar-refractivity contribution in [2.75, 3.05) is 5.32 Å². The average Bonchev–Trinajstić information content (AvgIpc) is 3.47. The van der Waals surface area contributed by atoms with Crippen molar-refractivity contribution in [3.8, 4) is 11.5 Å². The molecule has 0 radical (unpaired) electrons. The van der Waals surface area contributed by atoms with Gasteiger partial charge in [0.1, 0.15) is 11.5 Å². The number of hydrogen-bond donors (Lipinski definition) is 4. The number of carbonyl (C=O) groups is 2. The molecule has 0 aliphatic heterocycles. The van der Waals surface area contributed by atoms with Crippen molar-refractivity contribution in [3.63, 3.8) is 0 Å². The third-order valence-corrected chi connectivity index (χ3v) is 4.06. The smallest absolute Gasteiger partial charge is 0.271 e. The molecule has 0 bridgehead atoms. The van der Waals surface area contributed by atoms with Crippen LogP contribution < -0.4 is 10.7 Å². The summed E-state index contributed by atoms with van der Waals surface area (Å²) in [5.41, 5.74) is 4.09. The van der Waals surface area contributed by atoms with Gasteiger partial charge >= 0.3 is 0 Å². The Balaban J connectivity index is 1.63. The van der Waals surface area contributed by atoms with Crippen LogP contribution in [-0.4, -0.2) is 27.7 Å². The van der Waals surface area contributed by atoms with Crippen LogP contribution in [0.25, 0.3) is 0 Å². The molecule has 2 aromatic rings. The first kappa shape index (κ1) is 17.5. The standard InChI is InChI=1S/C19H19N3O4/c1-11(16-10-15(23)8-9-17(16)24)21-22-19(26)13-4-6-14(7-5-13)20-18(25)12-2-3-12/h4-10,12,23-24H,2-3H2,1H3,(H,20,25)(H,22,26)/b21-11-. The molecule has 3 rings (SSSR count). The van der Waals surface area contributed by atoms with E-state index in [0.717, 1.165) is 12.8 Å². The molecule has 7 heteroatoms. The fraction of sp³-hybridized carbons (Fsp3) is 0.211. The van der Waals surface area contributed by atoms with Crippen LogP contribution in [0.3, 0.4) is 0 Å². The van der Waals surface area contributed by atoms with Crippen LogP contribution in [0.1, 0.15) is 35.7 Å². The number of phenols is 2. The second kappa shape index (κ2) is 7.26. The molecule has 26 heavy (non-hydrogen) atoms. The average molecular weight is 353 g/mol. The van der Waals surface area contributed by atoms with Gasteiger partial charge in [-0.1, -0.05) is 0 Å². The van der Waals surface area contributed by atoms with Gasteiger partial charge in [0.05, 0.1) is 5.71 Å². The normalized spacial score (nSPS) is 14.0. The van der Waals surface area contributed by atoms with E-state index in [-0.39, 0.29) is 23.3 Å². The Morgan fingerprint density at radius 1 is 1.08 bits per heavy atom. The zero-order valence-corrected chi connectivity index (χ0v) is 14.2. The molecule has 4 N–H and O–H groups in total. The number of nitrogens with zero attached hydrogens (tertiary/aromatic N) is 1. The molecule has 0 unspecified atom stereocenters. The first-order chi connectivity index (χ1) is 12.4. The minimum absolute atomic E-state index is 0.00773. The van der Waals surface area contributed by atoms with Crippen molar-refractivity contribution in [3.05, 3.63) is 53.6 Å². The highest BCUT2D eigenvalue weighted by atomic mass is 16.3. The fourth-order valence-corrected chi connectivity index (χ4v) is 2.37. The summed E-state index contributed by atoms with van der Waals surface area (Å²) < 4.78 is 0. The number of benzene rings is 2. The number of amides is 2. The molecular formula is C19H19N3O4. The summed E-state index contributed by atoms with van der Waals surface area (Å²) in [6.45, 7) is 1.60. The Morgan fingerprint density at radius 3 is 2.42 bits per heavy atom. The summed E-state index contributed by atoms with van der Waals surface area (Å²) in [5.74, 6) is -0.363. The maximum atomic E-state index is 12.2. The first-order valence-electron chi connectivity index (χ1n) is 8.22. The molecule has 134 valence electrons. The molecule has 1 saturated carbocycles. The molecule has 7 nitrogen and oxygen atoms in total. The Kier molecular flexibility index (Phi) is 4.88. The summed E-state index contributed by atoms with van der Waals surface area (Å²) in [5, 5.41) is 26.0. The lowest BCUT2D eigenvalue weighted by molar-refractivity contribution is -0.117. The van der Waals surface area contributed by atoms with Crippen molar-refractivity contribution in [1.29, 1.82) is 0 Å². The maximum absolute atomic E-state index is 12.2. The van der Waals surface area contributed by atoms with Crippen LogP contribution in [0.2, 0.25) is 0 Å². The Bertz CT molecular complexity index is 871. The van der Waals surface area contributed by atoms with E-state index in [0.29, 0.717) is 22.5 Å². The van der Waals surface area contributed by atoms with Crippen LogP contribution in [-0.2, 0) is 4.79 Å².